The van der Waals surface area contributed by atoms with Gasteiger partial charge in [0.1, 0.15) is 5.75 Å². The van der Waals surface area contributed by atoms with Crippen LogP contribution in [0.3, 0.4) is 0 Å². The van der Waals surface area contributed by atoms with Gasteiger partial charge >= 0.3 is 0 Å². The summed E-state index contributed by atoms with van der Waals surface area (Å²) in [4.78, 5) is 0. The monoisotopic (exact) mass is 248 g/mol. The summed E-state index contributed by atoms with van der Waals surface area (Å²) in [7, 11) is 0. The molecule has 0 saturated heterocycles. The fourth-order valence-electron chi connectivity index (χ4n) is 2.49. The molecule has 1 heterocycles. The zero-order valence-electron chi connectivity index (χ0n) is 11.9. The highest BCUT2D eigenvalue weighted by atomic mass is 16.5. The van der Waals surface area contributed by atoms with E-state index < -0.39 is 0 Å². The van der Waals surface area contributed by atoms with Gasteiger partial charge in [-0.1, -0.05) is 33.8 Å². The molecule has 0 aromatic heterocycles. The van der Waals surface area contributed by atoms with Crippen molar-refractivity contribution in [2.75, 3.05) is 6.61 Å². The smallest absolute Gasteiger partial charge is 0.128 e. The molecule has 2 nitrogen and oxygen atoms in total. The molecule has 0 aliphatic carbocycles. The predicted molar refractivity (Wildman–Crippen MR) is 74.2 cm³/mol. The minimum Gasteiger partial charge on any atom is -0.493 e. The molecule has 2 rings (SSSR count). The van der Waals surface area contributed by atoms with Crippen molar-refractivity contribution in [2.45, 2.75) is 58.5 Å². The number of aliphatic hydroxyl groups excluding tert-OH is 1. The summed E-state index contributed by atoms with van der Waals surface area (Å²) in [6, 6.07) is 4.34. The maximum atomic E-state index is 10.3. The molecule has 0 unspecified atom stereocenters. The van der Waals surface area contributed by atoms with Gasteiger partial charge in [-0.3, -0.25) is 0 Å². The molecule has 1 atom stereocenters. The van der Waals surface area contributed by atoms with Gasteiger partial charge < -0.3 is 9.84 Å². The van der Waals surface area contributed by atoms with E-state index in [4.69, 9.17) is 4.74 Å². The first-order valence-electron chi connectivity index (χ1n) is 6.91. The Bertz CT molecular complexity index is 429. The van der Waals surface area contributed by atoms with E-state index in [1.165, 1.54) is 11.1 Å². The van der Waals surface area contributed by atoms with Crippen LogP contribution in [0.2, 0.25) is 0 Å². The molecule has 0 bridgehead atoms. The Balaban J connectivity index is 2.62. The first kappa shape index (κ1) is 13.4. The van der Waals surface area contributed by atoms with Crippen LogP contribution in [-0.4, -0.2) is 11.7 Å². The van der Waals surface area contributed by atoms with Crippen molar-refractivity contribution in [3.05, 3.63) is 28.8 Å². The van der Waals surface area contributed by atoms with Crippen LogP contribution in [0, 0.1) is 0 Å². The van der Waals surface area contributed by atoms with Crippen LogP contribution in [-0.2, 0) is 11.8 Å². The standard InChI is InChI=1S/C16H24O2/c1-5-11-9-12-14(17)7-6-8-18-15(12)13(10-11)16(2,3)4/h9-10,14,17H,5-8H2,1-4H3/t14-/m0/s1. The number of hydrogen-bond acceptors (Lipinski definition) is 2. The highest BCUT2D eigenvalue weighted by Crippen LogP contribution is 2.40. The Hall–Kier alpha value is -1.02. The normalized spacial score (nSPS) is 19.9. The summed E-state index contributed by atoms with van der Waals surface area (Å²) >= 11 is 0. The molecule has 1 aliphatic rings. The van der Waals surface area contributed by atoms with Gasteiger partial charge in [-0.25, -0.2) is 0 Å². The summed E-state index contributed by atoms with van der Waals surface area (Å²) in [5.74, 6) is 0.921. The van der Waals surface area contributed by atoms with Crippen LogP contribution in [0.5, 0.6) is 5.75 Å². The predicted octanol–water partition coefficient (Wildman–Crippen LogP) is 3.75. The Morgan fingerprint density at radius 3 is 2.67 bits per heavy atom. The molecule has 1 aromatic carbocycles. The molecule has 0 spiro atoms. The molecule has 0 amide bonds. The number of fused-ring (bicyclic) bond motifs is 1. The third-order valence-electron chi connectivity index (χ3n) is 3.62. The van der Waals surface area contributed by atoms with Crippen molar-refractivity contribution in [1.82, 2.24) is 0 Å². The molecule has 0 radical (unpaired) electrons. The van der Waals surface area contributed by atoms with E-state index in [2.05, 4.69) is 39.8 Å². The minimum atomic E-state index is -0.380. The summed E-state index contributed by atoms with van der Waals surface area (Å²) in [6.07, 6.45) is 2.32. The second-order valence-electron chi connectivity index (χ2n) is 6.17. The number of ether oxygens (including phenoxy) is 1. The quantitative estimate of drug-likeness (QED) is 0.820. The molecule has 1 aromatic rings. The molecule has 0 saturated carbocycles. The van der Waals surface area contributed by atoms with Gasteiger partial charge in [0.05, 0.1) is 12.7 Å². The Morgan fingerprint density at radius 1 is 1.33 bits per heavy atom. The molecule has 18 heavy (non-hydrogen) atoms. The van der Waals surface area contributed by atoms with Gasteiger partial charge in [-0.05, 0) is 36.3 Å². The van der Waals surface area contributed by atoms with Crippen LogP contribution >= 0.6 is 0 Å². The van der Waals surface area contributed by atoms with Crippen molar-refractivity contribution in [3.8, 4) is 5.75 Å². The Labute approximate surface area is 110 Å². The second kappa shape index (κ2) is 4.93. The maximum Gasteiger partial charge on any atom is 0.128 e. The average Bonchev–Trinajstić information content (AvgIpc) is 2.49. The van der Waals surface area contributed by atoms with Crippen LogP contribution < -0.4 is 4.74 Å². The molecular formula is C16H24O2. The molecule has 100 valence electrons. The van der Waals surface area contributed by atoms with Gasteiger partial charge in [0.2, 0.25) is 0 Å². The number of aliphatic hydroxyl groups is 1. The molecular weight excluding hydrogens is 224 g/mol. The zero-order valence-corrected chi connectivity index (χ0v) is 11.9. The Kier molecular flexibility index (Phi) is 3.67. The first-order chi connectivity index (χ1) is 8.43. The molecule has 0 fully saturated rings. The second-order valence-corrected chi connectivity index (χ2v) is 6.17. The van der Waals surface area contributed by atoms with Crippen molar-refractivity contribution < 1.29 is 9.84 Å². The summed E-state index contributed by atoms with van der Waals surface area (Å²) in [5.41, 5.74) is 3.53. The highest BCUT2D eigenvalue weighted by Gasteiger charge is 2.26. The van der Waals surface area contributed by atoms with Gasteiger partial charge in [0.25, 0.3) is 0 Å². The van der Waals surface area contributed by atoms with E-state index in [0.29, 0.717) is 6.61 Å². The fraction of sp³-hybridized carbons (Fsp3) is 0.625. The van der Waals surface area contributed by atoms with E-state index in [1.807, 2.05) is 0 Å². The van der Waals surface area contributed by atoms with Crippen molar-refractivity contribution in [2.24, 2.45) is 0 Å². The topological polar surface area (TPSA) is 29.5 Å². The van der Waals surface area contributed by atoms with E-state index in [9.17, 15) is 5.11 Å². The van der Waals surface area contributed by atoms with E-state index in [0.717, 1.165) is 30.6 Å². The third-order valence-corrected chi connectivity index (χ3v) is 3.62. The minimum absolute atomic E-state index is 0.0410. The molecule has 1 aliphatic heterocycles. The third kappa shape index (κ3) is 2.54. The van der Waals surface area contributed by atoms with Crippen LogP contribution in [0.25, 0.3) is 0 Å². The maximum absolute atomic E-state index is 10.3. The lowest BCUT2D eigenvalue weighted by Gasteiger charge is -2.26. The zero-order chi connectivity index (χ0) is 13.3. The summed E-state index contributed by atoms with van der Waals surface area (Å²) < 4.78 is 5.92. The van der Waals surface area contributed by atoms with Crippen LogP contribution in [0.4, 0.5) is 0 Å². The highest BCUT2D eigenvalue weighted by molar-refractivity contribution is 5.49. The van der Waals surface area contributed by atoms with Crippen molar-refractivity contribution >= 4 is 0 Å². The lowest BCUT2D eigenvalue weighted by molar-refractivity contribution is 0.167. The van der Waals surface area contributed by atoms with E-state index in [1.54, 1.807) is 0 Å². The summed E-state index contributed by atoms with van der Waals surface area (Å²) in [6.45, 7) is 9.45. The molecule has 1 N–H and O–H groups in total. The molecule has 2 heteroatoms. The number of hydrogen-bond donors (Lipinski definition) is 1. The van der Waals surface area contributed by atoms with E-state index in [-0.39, 0.29) is 11.5 Å². The van der Waals surface area contributed by atoms with Crippen molar-refractivity contribution in [1.29, 1.82) is 0 Å². The summed E-state index contributed by atoms with van der Waals surface area (Å²) in [5, 5.41) is 10.3. The van der Waals surface area contributed by atoms with Crippen LogP contribution in [0.15, 0.2) is 12.1 Å². The van der Waals surface area contributed by atoms with E-state index >= 15 is 0 Å². The number of rotatable bonds is 1. The lowest BCUT2D eigenvalue weighted by Crippen LogP contribution is -2.15. The largest absolute Gasteiger partial charge is 0.493 e. The van der Waals surface area contributed by atoms with Gasteiger partial charge in [-0.2, -0.15) is 0 Å². The fourth-order valence-corrected chi connectivity index (χ4v) is 2.49. The SMILES string of the molecule is CCc1cc2c(c(C(C)(C)C)c1)OCCC[C@@H]2O. The first-order valence-corrected chi connectivity index (χ1v) is 6.91. The Morgan fingerprint density at radius 2 is 2.06 bits per heavy atom. The number of aryl methyl sites for hydroxylation is 1. The van der Waals surface area contributed by atoms with Gasteiger partial charge in [0.15, 0.2) is 0 Å². The number of benzene rings is 1. The van der Waals surface area contributed by atoms with Crippen molar-refractivity contribution in [3.63, 3.8) is 0 Å². The average molecular weight is 248 g/mol. The van der Waals surface area contributed by atoms with Gasteiger partial charge in [0, 0.05) is 11.1 Å². The van der Waals surface area contributed by atoms with Crippen LogP contribution in [0.1, 0.15) is 63.3 Å². The van der Waals surface area contributed by atoms with Gasteiger partial charge in [-0.15, -0.1) is 0 Å². The lowest BCUT2D eigenvalue weighted by atomic mass is 9.83.